The molecule has 1 fully saturated rings. The molecule has 7 heteroatoms. The van der Waals surface area contributed by atoms with E-state index in [-0.39, 0.29) is 13.1 Å². The Bertz CT molecular complexity index is 249. The van der Waals surface area contributed by atoms with Crippen molar-refractivity contribution in [1.29, 1.82) is 0 Å². The molecule has 0 aromatic heterocycles. The second-order valence-corrected chi connectivity index (χ2v) is 3.79. The van der Waals surface area contributed by atoms with Crippen molar-refractivity contribution in [3.05, 3.63) is 0 Å². The number of aliphatic hydroxyl groups excluding tert-OH is 1. The quantitative estimate of drug-likeness (QED) is 0.757. The van der Waals surface area contributed by atoms with E-state index in [0.717, 1.165) is 6.92 Å². The summed E-state index contributed by atoms with van der Waals surface area (Å²) in [6.07, 6.45) is -7.36. The van der Waals surface area contributed by atoms with Gasteiger partial charge >= 0.3 is 12.3 Å². The third-order valence-corrected chi connectivity index (χ3v) is 2.46. The lowest BCUT2D eigenvalue weighted by Crippen LogP contribution is -2.43. The van der Waals surface area contributed by atoms with E-state index in [1.807, 2.05) is 0 Å². The number of rotatable bonds is 1. The predicted molar refractivity (Wildman–Crippen MR) is 48.8 cm³/mol. The van der Waals surface area contributed by atoms with Crippen LogP contribution >= 0.6 is 0 Å². The van der Waals surface area contributed by atoms with Gasteiger partial charge < -0.3 is 14.7 Å². The highest BCUT2D eigenvalue weighted by molar-refractivity contribution is 5.68. The van der Waals surface area contributed by atoms with Crippen molar-refractivity contribution < 1.29 is 27.8 Å². The molecule has 1 saturated heterocycles. The van der Waals surface area contributed by atoms with Crippen molar-refractivity contribution in [1.82, 2.24) is 4.90 Å². The van der Waals surface area contributed by atoms with E-state index < -0.39 is 24.5 Å². The Morgan fingerprint density at radius 1 is 1.44 bits per heavy atom. The van der Waals surface area contributed by atoms with Gasteiger partial charge in [-0.1, -0.05) is 0 Å². The number of carbonyl (C=O) groups excluding carboxylic acids is 1. The molecular formula is C9H14F3NO3. The predicted octanol–water partition coefficient (Wildman–Crippen LogP) is 1.53. The fourth-order valence-electron chi connectivity index (χ4n) is 1.34. The second-order valence-electron chi connectivity index (χ2n) is 3.79. The van der Waals surface area contributed by atoms with Gasteiger partial charge in [-0.25, -0.2) is 4.79 Å². The maximum atomic E-state index is 12.1. The summed E-state index contributed by atoms with van der Waals surface area (Å²) in [5, 5.41) is 9.16. The molecule has 1 N–H and O–H groups in total. The van der Waals surface area contributed by atoms with Crippen molar-refractivity contribution in [3.8, 4) is 0 Å². The minimum atomic E-state index is -4.54. The molecule has 0 bridgehead atoms. The fraction of sp³-hybridized carbons (Fsp3) is 0.889. The van der Waals surface area contributed by atoms with Crippen LogP contribution in [0, 0.1) is 0 Å². The van der Waals surface area contributed by atoms with Gasteiger partial charge in [0.05, 0.1) is 6.10 Å². The van der Waals surface area contributed by atoms with Gasteiger partial charge in [0, 0.05) is 13.1 Å². The Morgan fingerprint density at radius 2 is 1.94 bits per heavy atom. The van der Waals surface area contributed by atoms with Crippen LogP contribution in [0.15, 0.2) is 0 Å². The lowest BCUT2D eigenvalue weighted by atomic mass is 10.1. The normalized spacial score (nSPS) is 20.7. The van der Waals surface area contributed by atoms with Crippen LogP contribution in [-0.2, 0) is 4.74 Å². The van der Waals surface area contributed by atoms with E-state index in [0.29, 0.717) is 12.8 Å². The Hall–Kier alpha value is -0.980. The number of nitrogens with zero attached hydrogens (tertiary/aromatic N) is 1. The SMILES string of the molecule is C[C@H](OC(=O)N1CCC(O)CC1)C(F)(F)F. The maximum Gasteiger partial charge on any atom is 0.425 e. The average molecular weight is 241 g/mol. The summed E-state index contributed by atoms with van der Waals surface area (Å²) in [6, 6.07) is 0. The van der Waals surface area contributed by atoms with Crippen molar-refractivity contribution in [3.63, 3.8) is 0 Å². The minimum absolute atomic E-state index is 0.227. The number of amides is 1. The number of carbonyl (C=O) groups is 1. The molecule has 1 atom stereocenters. The van der Waals surface area contributed by atoms with Crippen molar-refractivity contribution in [2.75, 3.05) is 13.1 Å². The standard InChI is InChI=1S/C9H14F3NO3/c1-6(9(10,11)12)16-8(15)13-4-2-7(14)3-5-13/h6-7,14H,2-5H2,1H3/t6-/m0/s1. The van der Waals surface area contributed by atoms with Crippen LogP contribution in [0.4, 0.5) is 18.0 Å². The van der Waals surface area contributed by atoms with Gasteiger partial charge in [0.15, 0.2) is 6.10 Å². The van der Waals surface area contributed by atoms with Gasteiger partial charge in [0.1, 0.15) is 0 Å². The van der Waals surface area contributed by atoms with Crippen molar-refractivity contribution in [2.24, 2.45) is 0 Å². The Balaban J connectivity index is 2.41. The first-order chi connectivity index (χ1) is 7.30. The smallest absolute Gasteiger partial charge is 0.425 e. The lowest BCUT2D eigenvalue weighted by molar-refractivity contribution is -0.200. The van der Waals surface area contributed by atoms with Gasteiger partial charge in [0.25, 0.3) is 0 Å². The number of hydrogen-bond donors (Lipinski definition) is 1. The summed E-state index contributed by atoms with van der Waals surface area (Å²) in [7, 11) is 0. The highest BCUT2D eigenvalue weighted by atomic mass is 19.4. The summed E-state index contributed by atoms with van der Waals surface area (Å²) < 4.78 is 40.6. The van der Waals surface area contributed by atoms with Gasteiger partial charge in [-0.2, -0.15) is 13.2 Å². The van der Waals surface area contributed by atoms with Crippen LogP contribution in [0.2, 0.25) is 0 Å². The van der Waals surface area contributed by atoms with E-state index in [1.165, 1.54) is 4.90 Å². The van der Waals surface area contributed by atoms with Gasteiger partial charge in [0.2, 0.25) is 0 Å². The Labute approximate surface area is 91.0 Å². The first-order valence-corrected chi connectivity index (χ1v) is 5.01. The summed E-state index contributed by atoms with van der Waals surface area (Å²) >= 11 is 0. The van der Waals surface area contributed by atoms with Crippen LogP contribution in [-0.4, -0.2) is 47.6 Å². The molecule has 0 aliphatic carbocycles. The zero-order chi connectivity index (χ0) is 12.3. The zero-order valence-corrected chi connectivity index (χ0v) is 8.83. The lowest BCUT2D eigenvalue weighted by Gasteiger charge is -2.30. The molecule has 0 aromatic carbocycles. The molecule has 0 radical (unpaired) electrons. The number of likely N-dealkylation sites (tertiary alicyclic amines) is 1. The highest BCUT2D eigenvalue weighted by Gasteiger charge is 2.40. The molecule has 1 heterocycles. The summed E-state index contributed by atoms with van der Waals surface area (Å²) in [5.41, 5.74) is 0. The highest BCUT2D eigenvalue weighted by Crippen LogP contribution is 2.23. The topological polar surface area (TPSA) is 49.8 Å². The third kappa shape index (κ3) is 3.55. The molecule has 1 aliphatic heterocycles. The Kier molecular flexibility index (Phi) is 4.01. The van der Waals surface area contributed by atoms with Crippen molar-refractivity contribution >= 4 is 6.09 Å². The average Bonchev–Trinajstić information content (AvgIpc) is 2.17. The van der Waals surface area contributed by atoms with E-state index in [4.69, 9.17) is 5.11 Å². The first-order valence-electron chi connectivity index (χ1n) is 5.01. The van der Waals surface area contributed by atoms with Gasteiger partial charge in [-0.15, -0.1) is 0 Å². The van der Waals surface area contributed by atoms with E-state index in [1.54, 1.807) is 0 Å². The number of ether oxygens (including phenoxy) is 1. The van der Waals surface area contributed by atoms with Crippen LogP contribution in [0.25, 0.3) is 0 Å². The van der Waals surface area contributed by atoms with Gasteiger partial charge in [-0.3, -0.25) is 0 Å². The molecule has 1 rings (SSSR count). The number of piperidine rings is 1. The fourth-order valence-corrected chi connectivity index (χ4v) is 1.34. The molecule has 1 amide bonds. The third-order valence-electron chi connectivity index (χ3n) is 2.46. The number of halogens is 3. The van der Waals surface area contributed by atoms with E-state index in [2.05, 4.69) is 4.74 Å². The van der Waals surface area contributed by atoms with Crippen LogP contribution in [0.1, 0.15) is 19.8 Å². The molecular weight excluding hydrogens is 227 g/mol. The van der Waals surface area contributed by atoms with Crippen LogP contribution < -0.4 is 0 Å². The largest absolute Gasteiger partial charge is 0.437 e. The summed E-state index contributed by atoms with van der Waals surface area (Å²) in [4.78, 5) is 12.5. The minimum Gasteiger partial charge on any atom is -0.437 e. The van der Waals surface area contributed by atoms with Gasteiger partial charge in [-0.05, 0) is 19.8 Å². The molecule has 4 nitrogen and oxygen atoms in total. The van der Waals surface area contributed by atoms with Crippen molar-refractivity contribution in [2.45, 2.75) is 38.1 Å². The summed E-state index contributed by atoms with van der Waals surface area (Å²) in [6.45, 7) is 1.24. The molecule has 1 aliphatic rings. The Morgan fingerprint density at radius 3 is 2.38 bits per heavy atom. The molecule has 16 heavy (non-hydrogen) atoms. The second kappa shape index (κ2) is 4.90. The number of alkyl halides is 3. The summed E-state index contributed by atoms with van der Waals surface area (Å²) in [5.74, 6) is 0. The molecule has 0 aromatic rings. The zero-order valence-electron chi connectivity index (χ0n) is 8.83. The van der Waals surface area contributed by atoms with E-state index in [9.17, 15) is 18.0 Å². The number of hydrogen-bond acceptors (Lipinski definition) is 3. The van der Waals surface area contributed by atoms with Crippen LogP contribution in [0.3, 0.4) is 0 Å². The van der Waals surface area contributed by atoms with Crippen LogP contribution in [0.5, 0.6) is 0 Å². The number of aliphatic hydroxyl groups is 1. The molecule has 0 saturated carbocycles. The monoisotopic (exact) mass is 241 g/mol. The molecule has 0 unspecified atom stereocenters. The maximum absolute atomic E-state index is 12.1. The first kappa shape index (κ1) is 13.1. The molecule has 0 spiro atoms. The molecule has 94 valence electrons. The van der Waals surface area contributed by atoms with E-state index >= 15 is 0 Å².